The van der Waals surface area contributed by atoms with Crippen LogP contribution in [-0.4, -0.2) is 59.3 Å². The van der Waals surface area contributed by atoms with Crippen LogP contribution in [0.5, 0.6) is 0 Å². The second-order valence-corrected chi connectivity index (χ2v) is 7.03. The van der Waals surface area contributed by atoms with Gasteiger partial charge < -0.3 is 19.4 Å². The van der Waals surface area contributed by atoms with E-state index in [-0.39, 0.29) is 12.1 Å². The molecule has 26 heavy (non-hydrogen) atoms. The lowest BCUT2D eigenvalue weighted by molar-refractivity contribution is 0.0365. The molecule has 7 heteroatoms. The average Bonchev–Trinajstić information content (AvgIpc) is 3.32. The first-order valence-corrected chi connectivity index (χ1v) is 9.55. The van der Waals surface area contributed by atoms with Crippen molar-refractivity contribution in [2.45, 2.75) is 18.5 Å². The fraction of sp³-hybridized carbons (Fsp3) is 0.474. The van der Waals surface area contributed by atoms with Crippen LogP contribution in [0.25, 0.3) is 0 Å². The van der Waals surface area contributed by atoms with E-state index in [9.17, 15) is 0 Å². The lowest BCUT2D eigenvalue weighted by atomic mass is 10.0. The quantitative estimate of drug-likeness (QED) is 0.781. The molecule has 1 N–H and O–H groups in total. The molecular weight excluding hydrogens is 348 g/mol. The van der Waals surface area contributed by atoms with Crippen LogP contribution >= 0.6 is 12.2 Å². The maximum atomic E-state index is 5.75. The van der Waals surface area contributed by atoms with Gasteiger partial charge in [0, 0.05) is 32.4 Å². The molecule has 0 amide bonds. The highest BCUT2D eigenvalue weighted by Gasteiger charge is 2.41. The molecule has 4 rings (SSSR count). The molecule has 0 bridgehead atoms. The monoisotopic (exact) mass is 372 g/mol. The number of thiocarbonyl (C=S) groups is 1. The fourth-order valence-corrected chi connectivity index (χ4v) is 4.04. The first-order valence-electron chi connectivity index (χ1n) is 9.14. The van der Waals surface area contributed by atoms with Crippen molar-refractivity contribution >= 4 is 17.3 Å². The van der Waals surface area contributed by atoms with Crippen molar-refractivity contribution in [1.82, 2.24) is 20.1 Å². The van der Waals surface area contributed by atoms with Gasteiger partial charge in [-0.15, -0.1) is 0 Å². The highest BCUT2D eigenvalue weighted by Crippen LogP contribution is 2.38. The molecule has 2 atom stereocenters. The first kappa shape index (κ1) is 17.5. The summed E-state index contributed by atoms with van der Waals surface area (Å²) < 4.78 is 11.2. The number of pyridine rings is 1. The molecule has 2 aliphatic rings. The molecule has 0 aromatic carbocycles. The number of hydrogen-bond donors (Lipinski definition) is 1. The topological polar surface area (TPSA) is 53.8 Å². The summed E-state index contributed by atoms with van der Waals surface area (Å²) >= 11 is 5.65. The Morgan fingerprint density at radius 3 is 2.77 bits per heavy atom. The number of rotatable bonds is 6. The van der Waals surface area contributed by atoms with E-state index in [1.807, 2.05) is 36.5 Å². The minimum Gasteiger partial charge on any atom is -0.467 e. The SMILES string of the molecule is S=C1N[C@@H](c2ccccn2)[C@@H](c2ccco2)N1CCCN1CCOCC1. The molecule has 2 aromatic heterocycles. The van der Waals surface area contributed by atoms with Crippen molar-refractivity contribution in [3.05, 3.63) is 54.2 Å². The minimum absolute atomic E-state index is 0.00163. The second-order valence-electron chi connectivity index (χ2n) is 6.64. The van der Waals surface area contributed by atoms with E-state index in [4.69, 9.17) is 21.4 Å². The van der Waals surface area contributed by atoms with Gasteiger partial charge in [-0.3, -0.25) is 9.88 Å². The molecule has 0 spiro atoms. The number of morpholine rings is 1. The van der Waals surface area contributed by atoms with Gasteiger partial charge in [-0.25, -0.2) is 0 Å². The third kappa shape index (κ3) is 3.75. The van der Waals surface area contributed by atoms with E-state index in [1.165, 1.54) is 0 Å². The molecule has 0 unspecified atom stereocenters. The number of nitrogens with zero attached hydrogens (tertiary/aromatic N) is 3. The third-order valence-corrected chi connectivity index (χ3v) is 5.36. The average molecular weight is 372 g/mol. The number of nitrogens with one attached hydrogen (secondary N) is 1. The van der Waals surface area contributed by atoms with Gasteiger partial charge in [-0.1, -0.05) is 6.07 Å². The zero-order valence-corrected chi connectivity index (χ0v) is 15.5. The minimum atomic E-state index is -0.00163. The van der Waals surface area contributed by atoms with Crippen molar-refractivity contribution in [3.63, 3.8) is 0 Å². The van der Waals surface area contributed by atoms with Gasteiger partial charge >= 0.3 is 0 Å². The summed E-state index contributed by atoms with van der Waals surface area (Å²) in [6.07, 6.45) is 4.59. The summed E-state index contributed by atoms with van der Waals surface area (Å²) in [5.74, 6) is 0.916. The van der Waals surface area contributed by atoms with Crippen LogP contribution < -0.4 is 5.32 Å². The summed E-state index contributed by atoms with van der Waals surface area (Å²) in [5, 5.41) is 4.22. The van der Waals surface area contributed by atoms with Crippen LogP contribution in [0.4, 0.5) is 0 Å². The molecule has 4 heterocycles. The lowest BCUT2D eigenvalue weighted by Gasteiger charge is -2.29. The Morgan fingerprint density at radius 2 is 2.04 bits per heavy atom. The number of furan rings is 1. The van der Waals surface area contributed by atoms with Gasteiger partial charge in [0.2, 0.25) is 0 Å². The van der Waals surface area contributed by atoms with Gasteiger partial charge in [0.15, 0.2) is 5.11 Å². The van der Waals surface area contributed by atoms with E-state index in [0.29, 0.717) is 0 Å². The summed E-state index contributed by atoms with van der Waals surface area (Å²) in [5.41, 5.74) is 0.979. The smallest absolute Gasteiger partial charge is 0.170 e. The number of ether oxygens (including phenoxy) is 1. The highest BCUT2D eigenvalue weighted by atomic mass is 32.1. The lowest BCUT2D eigenvalue weighted by Crippen LogP contribution is -2.38. The molecule has 2 fully saturated rings. The predicted molar refractivity (Wildman–Crippen MR) is 103 cm³/mol. The van der Waals surface area contributed by atoms with Gasteiger partial charge in [-0.2, -0.15) is 0 Å². The molecular formula is C19H24N4O2S. The van der Waals surface area contributed by atoms with Gasteiger partial charge in [-0.05, 0) is 42.9 Å². The van der Waals surface area contributed by atoms with Gasteiger partial charge in [0.05, 0.1) is 31.2 Å². The maximum Gasteiger partial charge on any atom is 0.170 e. The Kier molecular flexibility index (Phi) is 5.48. The summed E-state index contributed by atoms with van der Waals surface area (Å²) in [6, 6.07) is 9.94. The van der Waals surface area contributed by atoms with Crippen LogP contribution in [0.1, 0.15) is 30.0 Å². The Bertz CT molecular complexity index is 704. The Morgan fingerprint density at radius 1 is 1.15 bits per heavy atom. The van der Waals surface area contributed by atoms with Crippen molar-refractivity contribution < 1.29 is 9.15 Å². The molecule has 6 nitrogen and oxygen atoms in total. The van der Waals surface area contributed by atoms with E-state index in [0.717, 1.165) is 62.4 Å². The van der Waals surface area contributed by atoms with Gasteiger partial charge in [0.1, 0.15) is 11.8 Å². The Balaban J connectivity index is 1.48. The summed E-state index contributed by atoms with van der Waals surface area (Å²) in [4.78, 5) is 9.23. The number of aromatic nitrogens is 1. The van der Waals surface area contributed by atoms with Crippen molar-refractivity contribution in [2.24, 2.45) is 0 Å². The fourth-order valence-electron chi connectivity index (χ4n) is 3.70. The molecule has 0 aliphatic carbocycles. The summed E-state index contributed by atoms with van der Waals surface area (Å²) in [6.45, 7) is 5.64. The molecule has 2 saturated heterocycles. The standard InChI is InChI=1S/C19H24N4O2S/c26-19-21-17(15-5-1-2-7-20-15)18(16-6-3-12-25-16)23(19)9-4-8-22-10-13-24-14-11-22/h1-3,5-7,12,17-18H,4,8-11,13-14H2,(H,21,26)/t17-,18+/m0/s1. The number of hydrogen-bond acceptors (Lipinski definition) is 5. The van der Waals surface area contributed by atoms with Crippen LogP contribution in [-0.2, 0) is 4.74 Å². The first-order chi connectivity index (χ1) is 12.8. The van der Waals surface area contributed by atoms with Crippen LogP contribution in [0.2, 0.25) is 0 Å². The van der Waals surface area contributed by atoms with E-state index < -0.39 is 0 Å². The Labute approximate surface area is 159 Å². The van der Waals surface area contributed by atoms with Crippen molar-refractivity contribution in [3.8, 4) is 0 Å². The third-order valence-electron chi connectivity index (χ3n) is 5.01. The summed E-state index contributed by atoms with van der Waals surface area (Å²) in [7, 11) is 0. The van der Waals surface area contributed by atoms with E-state index in [2.05, 4.69) is 20.1 Å². The zero-order valence-electron chi connectivity index (χ0n) is 14.7. The van der Waals surface area contributed by atoms with Crippen LogP contribution in [0, 0.1) is 0 Å². The zero-order chi connectivity index (χ0) is 17.8. The molecule has 2 aliphatic heterocycles. The molecule has 138 valence electrons. The van der Waals surface area contributed by atoms with E-state index >= 15 is 0 Å². The molecule has 2 aromatic rings. The highest BCUT2D eigenvalue weighted by molar-refractivity contribution is 7.80. The van der Waals surface area contributed by atoms with Crippen LogP contribution in [0.15, 0.2) is 47.2 Å². The van der Waals surface area contributed by atoms with E-state index in [1.54, 1.807) is 6.26 Å². The molecule has 0 saturated carbocycles. The molecule has 0 radical (unpaired) electrons. The Hall–Kier alpha value is -1.96. The van der Waals surface area contributed by atoms with Crippen molar-refractivity contribution in [1.29, 1.82) is 0 Å². The van der Waals surface area contributed by atoms with Gasteiger partial charge in [0.25, 0.3) is 0 Å². The normalized spacial score (nSPS) is 24.0. The largest absolute Gasteiger partial charge is 0.467 e. The van der Waals surface area contributed by atoms with Crippen LogP contribution in [0.3, 0.4) is 0 Å². The van der Waals surface area contributed by atoms with Crippen molar-refractivity contribution in [2.75, 3.05) is 39.4 Å². The predicted octanol–water partition coefficient (Wildman–Crippen LogP) is 2.37. The maximum absolute atomic E-state index is 5.75. The second kappa shape index (κ2) is 8.16.